The highest BCUT2D eigenvalue weighted by molar-refractivity contribution is 7.84. The van der Waals surface area contributed by atoms with Gasteiger partial charge in [-0.15, -0.1) is 0 Å². The van der Waals surface area contributed by atoms with Gasteiger partial charge in [-0.1, -0.05) is 56.7 Å². The van der Waals surface area contributed by atoms with Crippen LogP contribution in [0.25, 0.3) is 11.0 Å². The van der Waals surface area contributed by atoms with E-state index in [1.54, 1.807) is 38.1 Å². The topological polar surface area (TPSA) is 315 Å². The zero-order valence-corrected chi connectivity index (χ0v) is 42.2. The second-order valence-corrected chi connectivity index (χ2v) is 20.4. The maximum Gasteiger partial charge on any atom is 0.508 e. The Hall–Kier alpha value is -7.24. The van der Waals surface area contributed by atoms with Gasteiger partial charge in [-0.25, -0.2) is 24.7 Å². The molecule has 7 rings (SSSR count). The van der Waals surface area contributed by atoms with Crippen molar-refractivity contribution in [3.8, 4) is 0 Å². The first-order chi connectivity index (χ1) is 35.4. The van der Waals surface area contributed by atoms with Gasteiger partial charge in [-0.05, 0) is 85.8 Å². The zero-order chi connectivity index (χ0) is 52.9. The molecule has 1 aliphatic heterocycles. The molecule has 2 aromatic carbocycles. The fraction of sp³-hybridized carbons (Fsp3) is 0.471. The van der Waals surface area contributed by atoms with Crippen molar-refractivity contribution in [3.05, 3.63) is 96.0 Å². The van der Waals surface area contributed by atoms with Crippen LogP contribution in [0.3, 0.4) is 0 Å². The average molecular weight is 1040 g/mol. The Morgan fingerprint density at radius 3 is 2.41 bits per heavy atom. The van der Waals surface area contributed by atoms with E-state index in [2.05, 4.69) is 43.4 Å². The number of nitrogens with zero attached hydrogens (tertiary/aromatic N) is 4. The Morgan fingerprint density at radius 1 is 0.919 bits per heavy atom. The van der Waals surface area contributed by atoms with Gasteiger partial charge >= 0.3 is 22.5 Å². The van der Waals surface area contributed by atoms with E-state index < -0.39 is 52.4 Å². The molecule has 0 saturated heterocycles. The van der Waals surface area contributed by atoms with Crippen LogP contribution in [-0.2, 0) is 61.0 Å². The van der Waals surface area contributed by atoms with Crippen molar-refractivity contribution in [3.63, 3.8) is 0 Å². The number of ether oxygens (including phenoxy) is 2. The zero-order valence-electron chi connectivity index (χ0n) is 41.4. The molecule has 0 radical (unpaired) electrons. The molecule has 0 spiro atoms. The van der Waals surface area contributed by atoms with Crippen LogP contribution in [0.2, 0.25) is 0 Å². The largest absolute Gasteiger partial charge is 0.508 e. The van der Waals surface area contributed by atoms with Crippen molar-refractivity contribution in [1.82, 2.24) is 30.1 Å². The van der Waals surface area contributed by atoms with Crippen molar-refractivity contribution in [1.29, 1.82) is 0 Å². The molecule has 22 nitrogen and oxygen atoms in total. The number of nitrogens with two attached hydrogens (primary N) is 2. The van der Waals surface area contributed by atoms with E-state index in [1.807, 2.05) is 29.0 Å². The number of imide groups is 1. The number of rotatable bonds is 26. The lowest BCUT2D eigenvalue weighted by Crippen LogP contribution is -2.45. The van der Waals surface area contributed by atoms with Crippen molar-refractivity contribution in [2.45, 2.75) is 115 Å². The predicted molar refractivity (Wildman–Crippen MR) is 271 cm³/mol. The molecule has 396 valence electrons. The summed E-state index contributed by atoms with van der Waals surface area (Å²) < 4.78 is 41.9. The minimum Gasteiger partial charge on any atom is -0.430 e. The van der Waals surface area contributed by atoms with E-state index in [0.717, 1.165) is 23.1 Å². The normalized spacial score (nSPS) is 19.1. The number of hydrogen-bond acceptors (Lipinski definition) is 15. The highest BCUT2D eigenvalue weighted by Crippen LogP contribution is 2.41. The molecule has 1 fully saturated rings. The first-order valence-electron chi connectivity index (χ1n) is 24.9. The van der Waals surface area contributed by atoms with E-state index in [-0.39, 0.29) is 87.1 Å². The molecule has 0 unspecified atom stereocenters. The highest BCUT2D eigenvalue weighted by atomic mass is 32.2. The maximum absolute atomic E-state index is 13.7. The minimum absolute atomic E-state index is 0.0930. The lowest BCUT2D eigenvalue weighted by atomic mass is 9.89. The van der Waals surface area contributed by atoms with Crippen molar-refractivity contribution in [2.75, 3.05) is 30.3 Å². The lowest BCUT2D eigenvalue weighted by molar-refractivity contribution is -0.137. The smallest absolute Gasteiger partial charge is 0.430 e. The molecule has 23 heteroatoms. The molecular weight excluding hydrogens is 977 g/mol. The molecule has 0 bridgehead atoms. The number of carbonyl (C=O) groups excluding carboxylic acids is 7. The first kappa shape index (κ1) is 54.5. The van der Waals surface area contributed by atoms with Gasteiger partial charge in [0, 0.05) is 74.3 Å². The monoisotopic (exact) mass is 1040 g/mol. The summed E-state index contributed by atoms with van der Waals surface area (Å²) in [6, 6.07) is 14.9. The van der Waals surface area contributed by atoms with Crippen LogP contribution >= 0.6 is 0 Å². The number of carbonyl (C=O) groups is 7. The van der Waals surface area contributed by atoms with E-state index in [9.17, 15) is 42.0 Å². The van der Waals surface area contributed by atoms with Crippen molar-refractivity contribution < 1.29 is 55.6 Å². The van der Waals surface area contributed by atoms with Crippen molar-refractivity contribution >= 4 is 74.4 Å². The number of Topliss-reactive ketones (excluding diaryl/α,β-unsaturated/α-hetero) is 1. The van der Waals surface area contributed by atoms with Gasteiger partial charge < -0.3 is 41.0 Å². The SMILES string of the molecule is CC(C)[C@@H](NC(=O)CCCCCN1C(=O)C=CC1=O)C(=O)C[C@H](CCCNC(N)=O)C(=O)Nc1ccc(COC(=O)O[C@H]2C[C@H](n3ccc4c(N[C@H]5CCc6ccccc65)ncnc43)C[C@H]2COS(N)(=O)=O)cc1. The quantitative estimate of drug-likeness (QED) is 0.0274. The molecule has 1 saturated carbocycles. The third-order valence-corrected chi connectivity index (χ3v) is 14.1. The Kier molecular flexibility index (Phi) is 18.5. The van der Waals surface area contributed by atoms with Crippen LogP contribution in [-0.4, -0.2) is 101 Å². The molecule has 8 N–H and O–H groups in total. The Labute approximate surface area is 429 Å². The number of ketones is 1. The number of nitrogens with one attached hydrogen (secondary N) is 4. The summed E-state index contributed by atoms with van der Waals surface area (Å²) >= 11 is 0. The van der Waals surface area contributed by atoms with E-state index in [4.69, 9.17) is 24.5 Å². The van der Waals surface area contributed by atoms with E-state index in [0.29, 0.717) is 61.2 Å². The molecule has 4 aromatic rings. The van der Waals surface area contributed by atoms with Gasteiger partial charge in [-0.3, -0.25) is 33.1 Å². The fourth-order valence-electron chi connectivity index (χ4n) is 9.77. The molecule has 6 amide bonds. The van der Waals surface area contributed by atoms with Crippen LogP contribution in [0.1, 0.15) is 107 Å². The number of anilines is 2. The summed E-state index contributed by atoms with van der Waals surface area (Å²) in [5.41, 5.74) is 9.36. The summed E-state index contributed by atoms with van der Waals surface area (Å²) in [6.07, 6.45) is 8.64. The second-order valence-electron chi connectivity index (χ2n) is 19.2. The fourth-order valence-corrected chi connectivity index (χ4v) is 10.1. The third-order valence-electron chi connectivity index (χ3n) is 13.6. The van der Waals surface area contributed by atoms with E-state index >= 15 is 0 Å². The number of unbranched alkanes of at least 4 members (excludes halogenated alkanes) is 2. The van der Waals surface area contributed by atoms with Gasteiger partial charge in [0.1, 0.15) is 30.5 Å². The molecule has 6 atom stereocenters. The second kappa shape index (κ2) is 25.1. The Balaban J connectivity index is 0.914. The minimum atomic E-state index is -4.30. The molecule has 2 aromatic heterocycles. The van der Waals surface area contributed by atoms with Gasteiger partial charge in [0.05, 0.1) is 24.1 Å². The number of aromatic nitrogens is 3. The number of benzene rings is 2. The molecule has 3 heterocycles. The van der Waals surface area contributed by atoms with Crippen LogP contribution in [0.15, 0.2) is 79.3 Å². The summed E-state index contributed by atoms with van der Waals surface area (Å²) in [7, 11) is -4.30. The summed E-state index contributed by atoms with van der Waals surface area (Å²) in [5, 5.41) is 17.7. The summed E-state index contributed by atoms with van der Waals surface area (Å²) in [4.78, 5) is 98.8. The Bertz CT molecular complexity index is 2820. The van der Waals surface area contributed by atoms with Crippen LogP contribution in [0, 0.1) is 17.8 Å². The number of amides is 6. The van der Waals surface area contributed by atoms with Gasteiger partial charge in [-0.2, -0.15) is 8.42 Å². The number of urea groups is 1. The van der Waals surface area contributed by atoms with Crippen LogP contribution in [0.4, 0.5) is 21.1 Å². The molecule has 74 heavy (non-hydrogen) atoms. The standard InChI is InChI=1S/C51H64N10O12S/c1-31(2)46(59-43(63)12-4-3-7-23-61-44(64)19-20-45(61)65)41(62)26-34(10-8-22-54-50(52)67)49(66)57-36-16-13-32(14-17-36)28-71-51(68)73-42-27-37(25-35(42)29-72-74(53,69)70)60-24-21-39-47(55-30-56-48(39)60)58-40-18-15-33-9-5-6-11-38(33)40/h5-6,9,11,13-14,16-17,19-21,24,30-31,34-35,37,40,42,46H,3-4,7-8,10,12,15,18,22-23,25-29H2,1-2H3,(H,57,66)(H,59,63)(H3,52,54,67)(H2,53,69,70)(H,55,56,58)/t34-,35-,37+,40-,42-,46+/m0/s1. The number of aryl methyl sites for hydroxylation is 1. The van der Waals surface area contributed by atoms with Crippen molar-refractivity contribution in [2.24, 2.45) is 28.6 Å². The van der Waals surface area contributed by atoms with Gasteiger partial charge in [0.15, 0.2) is 5.78 Å². The molecule has 2 aliphatic carbocycles. The Morgan fingerprint density at radius 2 is 1.68 bits per heavy atom. The molecule has 3 aliphatic rings. The van der Waals surface area contributed by atoms with Crippen LogP contribution < -0.4 is 32.1 Å². The van der Waals surface area contributed by atoms with Crippen LogP contribution in [0.5, 0.6) is 0 Å². The molecular formula is C51H64N10O12S. The van der Waals surface area contributed by atoms with Gasteiger partial charge in [0.2, 0.25) is 11.8 Å². The predicted octanol–water partition coefficient (Wildman–Crippen LogP) is 5.01. The summed E-state index contributed by atoms with van der Waals surface area (Å²) in [6.45, 7) is 3.48. The van der Waals surface area contributed by atoms with Gasteiger partial charge in [0.25, 0.3) is 11.8 Å². The van der Waals surface area contributed by atoms with E-state index in [1.165, 1.54) is 29.6 Å². The third kappa shape index (κ3) is 14.9. The number of fused-ring (bicyclic) bond motifs is 2. The average Bonchev–Trinajstić information content (AvgIpc) is 4.16. The number of primary amides is 1. The highest BCUT2D eigenvalue weighted by Gasteiger charge is 2.40. The maximum atomic E-state index is 13.7. The lowest BCUT2D eigenvalue weighted by Gasteiger charge is -2.24. The first-order valence-corrected chi connectivity index (χ1v) is 26.3. The number of hydrogen-bond donors (Lipinski definition) is 6. The summed E-state index contributed by atoms with van der Waals surface area (Å²) in [5.74, 6) is -2.88.